The van der Waals surface area contributed by atoms with Crippen LogP contribution in [0.4, 0.5) is 0 Å². The molecule has 27 heavy (non-hydrogen) atoms. The highest BCUT2D eigenvalue weighted by atomic mass is 16.6. The summed E-state index contributed by atoms with van der Waals surface area (Å²) in [6.45, 7) is 1.93. The number of Topliss-reactive ketones (excluding diaryl/α,β-unsaturated/α-hetero) is 1. The Labute approximate surface area is 158 Å². The smallest absolute Gasteiger partial charge is 0.305 e. The summed E-state index contributed by atoms with van der Waals surface area (Å²) in [5.41, 5.74) is 2.27. The number of esters is 1. The van der Waals surface area contributed by atoms with Crippen LogP contribution in [0.2, 0.25) is 0 Å². The van der Waals surface area contributed by atoms with Gasteiger partial charge in [0.25, 0.3) is 0 Å². The fraction of sp³-hybridized carbons (Fsp3) is 0.333. The summed E-state index contributed by atoms with van der Waals surface area (Å²) in [7, 11) is 1.25. The highest BCUT2D eigenvalue weighted by Gasteiger charge is 2.35. The van der Waals surface area contributed by atoms with Crippen molar-refractivity contribution in [2.45, 2.75) is 38.1 Å². The number of methoxy groups -OCH3 is 1. The molecule has 0 bridgehead atoms. The second kappa shape index (κ2) is 9.62. The molecule has 0 radical (unpaired) electrons. The standard InChI is InChI=1S/C21H23NO5/c1-15-8-10-17(11-9-15)20(23)14-18(16-6-4-3-5-7-16)19(22(25)26)12-13-21(24)27-2/h3-11,18-19H,12-14H2,1-2H3/t18-,19-/m1/s1. The first kappa shape index (κ1) is 20.3. The molecule has 2 aromatic carbocycles. The first-order valence-corrected chi connectivity index (χ1v) is 8.77. The molecule has 0 aliphatic rings. The van der Waals surface area contributed by atoms with Crippen molar-refractivity contribution in [2.75, 3.05) is 7.11 Å². The van der Waals surface area contributed by atoms with E-state index in [1.807, 2.05) is 25.1 Å². The number of ether oxygens (including phenoxy) is 1. The van der Waals surface area contributed by atoms with E-state index in [2.05, 4.69) is 4.74 Å². The Morgan fingerprint density at radius 1 is 1.07 bits per heavy atom. The monoisotopic (exact) mass is 369 g/mol. The van der Waals surface area contributed by atoms with Gasteiger partial charge in [-0.25, -0.2) is 0 Å². The van der Waals surface area contributed by atoms with Crippen molar-refractivity contribution < 1.29 is 19.2 Å². The molecular formula is C21H23NO5. The van der Waals surface area contributed by atoms with Crippen molar-refractivity contribution in [1.82, 2.24) is 0 Å². The SMILES string of the molecule is COC(=O)CC[C@H]([C@H](CC(=O)c1ccc(C)cc1)c1ccccc1)[N+](=O)[O-]. The van der Waals surface area contributed by atoms with Crippen LogP contribution in [-0.4, -0.2) is 29.8 Å². The highest BCUT2D eigenvalue weighted by molar-refractivity contribution is 5.96. The Bertz CT molecular complexity index is 786. The number of rotatable bonds is 9. The van der Waals surface area contributed by atoms with Crippen LogP contribution in [0.15, 0.2) is 54.6 Å². The van der Waals surface area contributed by atoms with E-state index in [0.717, 1.165) is 5.56 Å². The first-order valence-electron chi connectivity index (χ1n) is 8.77. The maximum Gasteiger partial charge on any atom is 0.305 e. The van der Waals surface area contributed by atoms with Gasteiger partial charge < -0.3 is 4.74 Å². The van der Waals surface area contributed by atoms with Crippen LogP contribution < -0.4 is 0 Å². The van der Waals surface area contributed by atoms with E-state index in [4.69, 9.17) is 0 Å². The largest absolute Gasteiger partial charge is 0.469 e. The molecule has 0 aliphatic heterocycles. The molecule has 142 valence electrons. The summed E-state index contributed by atoms with van der Waals surface area (Å²) in [5.74, 6) is -1.29. The zero-order chi connectivity index (χ0) is 19.8. The van der Waals surface area contributed by atoms with Crippen molar-refractivity contribution >= 4 is 11.8 Å². The summed E-state index contributed by atoms with van der Waals surface area (Å²) < 4.78 is 4.60. The average molecular weight is 369 g/mol. The summed E-state index contributed by atoms with van der Waals surface area (Å²) in [5, 5.41) is 11.7. The molecule has 0 N–H and O–H groups in total. The van der Waals surface area contributed by atoms with Crippen LogP contribution in [0.3, 0.4) is 0 Å². The third kappa shape index (κ3) is 5.74. The third-order valence-electron chi connectivity index (χ3n) is 4.61. The minimum absolute atomic E-state index is 0.000106. The topological polar surface area (TPSA) is 86.5 Å². The van der Waals surface area contributed by atoms with Gasteiger partial charge in [0.1, 0.15) is 0 Å². The zero-order valence-corrected chi connectivity index (χ0v) is 15.5. The van der Waals surface area contributed by atoms with E-state index >= 15 is 0 Å². The zero-order valence-electron chi connectivity index (χ0n) is 15.5. The Morgan fingerprint density at radius 3 is 2.26 bits per heavy atom. The van der Waals surface area contributed by atoms with Crippen LogP contribution in [-0.2, 0) is 9.53 Å². The van der Waals surface area contributed by atoms with E-state index in [0.29, 0.717) is 11.1 Å². The minimum Gasteiger partial charge on any atom is -0.469 e. The number of nitrogens with zero attached hydrogens (tertiary/aromatic N) is 1. The summed E-state index contributed by atoms with van der Waals surface area (Å²) >= 11 is 0. The van der Waals surface area contributed by atoms with Gasteiger partial charge in [-0.2, -0.15) is 0 Å². The van der Waals surface area contributed by atoms with Crippen molar-refractivity contribution in [2.24, 2.45) is 0 Å². The predicted octanol–water partition coefficient (Wildman–Crippen LogP) is 3.95. The van der Waals surface area contributed by atoms with Gasteiger partial charge in [-0.1, -0.05) is 60.2 Å². The maximum atomic E-state index is 12.7. The number of ketones is 1. The molecule has 2 rings (SSSR count). The van der Waals surface area contributed by atoms with Crippen molar-refractivity contribution in [3.63, 3.8) is 0 Å². The summed E-state index contributed by atoms with van der Waals surface area (Å²) in [6, 6.07) is 15.0. The second-order valence-electron chi connectivity index (χ2n) is 6.48. The molecule has 0 fully saturated rings. The minimum atomic E-state index is -1.05. The van der Waals surface area contributed by atoms with Crippen molar-refractivity contribution in [1.29, 1.82) is 0 Å². The Kier molecular flexibility index (Phi) is 7.23. The van der Waals surface area contributed by atoms with Crippen LogP contribution in [0, 0.1) is 17.0 Å². The number of carbonyl (C=O) groups is 2. The lowest BCUT2D eigenvalue weighted by Crippen LogP contribution is -2.30. The predicted molar refractivity (Wildman–Crippen MR) is 101 cm³/mol. The molecule has 0 saturated heterocycles. The van der Waals surface area contributed by atoms with E-state index in [1.54, 1.807) is 36.4 Å². The lowest BCUT2D eigenvalue weighted by Gasteiger charge is -2.21. The van der Waals surface area contributed by atoms with E-state index in [-0.39, 0.29) is 25.0 Å². The second-order valence-corrected chi connectivity index (χ2v) is 6.48. The Balaban J connectivity index is 2.29. The number of aryl methyl sites for hydroxylation is 1. The first-order chi connectivity index (χ1) is 12.9. The number of hydrogen-bond acceptors (Lipinski definition) is 5. The van der Waals surface area contributed by atoms with E-state index in [1.165, 1.54) is 7.11 Å². The Morgan fingerprint density at radius 2 is 1.70 bits per heavy atom. The van der Waals surface area contributed by atoms with Gasteiger partial charge in [-0.15, -0.1) is 0 Å². The number of hydrogen-bond donors (Lipinski definition) is 0. The van der Waals surface area contributed by atoms with Crippen LogP contribution in [0.5, 0.6) is 0 Å². The summed E-state index contributed by atoms with van der Waals surface area (Å²) in [6.07, 6.45) is -0.0511. The molecule has 6 nitrogen and oxygen atoms in total. The normalized spacial score (nSPS) is 12.8. The average Bonchev–Trinajstić information content (AvgIpc) is 2.67. The maximum absolute atomic E-state index is 12.7. The Hall–Kier alpha value is -3.02. The fourth-order valence-corrected chi connectivity index (χ4v) is 3.05. The molecule has 2 atom stereocenters. The van der Waals surface area contributed by atoms with E-state index in [9.17, 15) is 19.7 Å². The number of benzene rings is 2. The van der Waals surface area contributed by atoms with Gasteiger partial charge in [0.15, 0.2) is 5.78 Å². The van der Waals surface area contributed by atoms with Gasteiger partial charge in [0.05, 0.1) is 19.4 Å². The van der Waals surface area contributed by atoms with Gasteiger partial charge >= 0.3 is 5.97 Å². The summed E-state index contributed by atoms with van der Waals surface area (Å²) in [4.78, 5) is 35.5. The molecule has 0 spiro atoms. The molecular weight excluding hydrogens is 346 g/mol. The third-order valence-corrected chi connectivity index (χ3v) is 4.61. The van der Waals surface area contributed by atoms with Gasteiger partial charge in [-0.05, 0) is 12.5 Å². The van der Waals surface area contributed by atoms with Gasteiger partial charge in [-0.3, -0.25) is 19.7 Å². The molecule has 6 heteroatoms. The lowest BCUT2D eigenvalue weighted by molar-refractivity contribution is -0.527. The number of carbonyl (C=O) groups excluding carboxylic acids is 2. The molecule has 0 unspecified atom stereocenters. The van der Waals surface area contributed by atoms with Crippen molar-refractivity contribution in [3.05, 3.63) is 81.4 Å². The molecule has 0 heterocycles. The fourth-order valence-electron chi connectivity index (χ4n) is 3.05. The van der Waals surface area contributed by atoms with Gasteiger partial charge in [0.2, 0.25) is 6.04 Å². The highest BCUT2D eigenvalue weighted by Crippen LogP contribution is 2.30. The van der Waals surface area contributed by atoms with Crippen LogP contribution in [0.1, 0.15) is 46.7 Å². The molecule has 0 aromatic heterocycles. The van der Waals surface area contributed by atoms with Crippen LogP contribution >= 0.6 is 0 Å². The molecule has 0 amide bonds. The lowest BCUT2D eigenvalue weighted by atomic mass is 9.84. The number of nitro groups is 1. The molecule has 0 saturated carbocycles. The molecule has 2 aromatic rings. The van der Waals surface area contributed by atoms with Crippen molar-refractivity contribution in [3.8, 4) is 0 Å². The van der Waals surface area contributed by atoms with E-state index < -0.39 is 22.9 Å². The van der Waals surface area contributed by atoms with Gasteiger partial charge in [0, 0.05) is 23.3 Å². The quantitative estimate of drug-likeness (QED) is 0.289. The van der Waals surface area contributed by atoms with Crippen LogP contribution in [0.25, 0.3) is 0 Å². The molecule has 0 aliphatic carbocycles.